The average Bonchev–Trinajstić information content (AvgIpc) is 2.92. The van der Waals surface area contributed by atoms with Crippen molar-refractivity contribution in [1.82, 2.24) is 4.98 Å². The van der Waals surface area contributed by atoms with E-state index in [-0.39, 0.29) is 17.7 Å². The summed E-state index contributed by atoms with van der Waals surface area (Å²) in [4.78, 5) is 36.7. The number of oxime groups is 1. The average molecular weight is 508 g/mol. The highest BCUT2D eigenvalue weighted by Crippen LogP contribution is 2.37. The summed E-state index contributed by atoms with van der Waals surface area (Å²) in [6.07, 6.45) is 5.03. The van der Waals surface area contributed by atoms with Crippen LogP contribution in [0.1, 0.15) is 56.4 Å². The molecule has 0 spiro atoms. The summed E-state index contributed by atoms with van der Waals surface area (Å²) in [5.41, 5.74) is 2.63. The molecule has 2 aromatic carbocycles. The van der Waals surface area contributed by atoms with Crippen LogP contribution in [0.2, 0.25) is 0 Å². The van der Waals surface area contributed by atoms with E-state index >= 15 is 0 Å². The summed E-state index contributed by atoms with van der Waals surface area (Å²) in [5.74, 6) is 0.0955. The van der Waals surface area contributed by atoms with Crippen LogP contribution in [0.5, 0.6) is 5.75 Å². The van der Waals surface area contributed by atoms with Crippen LogP contribution < -0.4 is 4.74 Å². The fourth-order valence-electron chi connectivity index (χ4n) is 4.36. The summed E-state index contributed by atoms with van der Waals surface area (Å²) in [6, 6.07) is 19.6. The Morgan fingerprint density at radius 3 is 2.59 bits per heavy atom. The zero-order chi connectivity index (χ0) is 26.0. The van der Waals surface area contributed by atoms with Crippen LogP contribution in [0.3, 0.4) is 0 Å². The number of ether oxygens (including phenoxy) is 2. The van der Waals surface area contributed by atoms with Gasteiger partial charge in [-0.05, 0) is 49.6 Å². The van der Waals surface area contributed by atoms with E-state index in [0.717, 1.165) is 47.8 Å². The van der Waals surface area contributed by atoms with Gasteiger partial charge in [0.15, 0.2) is 11.8 Å². The van der Waals surface area contributed by atoms with E-state index in [1.54, 1.807) is 0 Å². The molecule has 0 aliphatic heterocycles. The van der Waals surface area contributed by atoms with Crippen LogP contribution in [-0.4, -0.2) is 28.5 Å². The zero-order valence-corrected chi connectivity index (χ0v) is 20.6. The van der Waals surface area contributed by atoms with Crippen molar-refractivity contribution in [2.24, 2.45) is 11.1 Å². The van der Waals surface area contributed by atoms with Gasteiger partial charge in [0.25, 0.3) is 5.09 Å². The number of carbonyl (C=O) groups is 1. The predicted molar refractivity (Wildman–Crippen MR) is 135 cm³/mol. The van der Waals surface area contributed by atoms with Crippen molar-refractivity contribution < 1.29 is 29.0 Å². The second-order valence-corrected chi connectivity index (χ2v) is 8.86. The van der Waals surface area contributed by atoms with E-state index in [2.05, 4.69) is 19.7 Å². The Labute approximate surface area is 214 Å². The minimum absolute atomic E-state index is 0.0596. The maximum absolute atomic E-state index is 12.0. The Balaban J connectivity index is 1.40. The Morgan fingerprint density at radius 1 is 1.08 bits per heavy atom. The molecule has 1 aliphatic carbocycles. The Hall–Kier alpha value is -4.21. The molecule has 0 amide bonds. The van der Waals surface area contributed by atoms with Gasteiger partial charge < -0.3 is 14.3 Å². The van der Waals surface area contributed by atoms with Crippen molar-refractivity contribution in [2.75, 3.05) is 6.79 Å². The smallest absolute Gasteiger partial charge is 0.357 e. The molecule has 1 aliphatic rings. The number of hydrogen-bond acceptors (Lipinski definition) is 9. The minimum Gasteiger partial charge on any atom is -0.487 e. The van der Waals surface area contributed by atoms with Gasteiger partial charge in [0.05, 0.1) is 11.2 Å². The van der Waals surface area contributed by atoms with Crippen LogP contribution in [-0.2, 0) is 25.8 Å². The molecule has 1 aromatic heterocycles. The molecule has 1 unspecified atom stereocenters. The van der Waals surface area contributed by atoms with Crippen LogP contribution in [0.25, 0.3) is 10.9 Å². The number of aromatic nitrogens is 1. The molecule has 3 aromatic rings. The topological polar surface area (TPSA) is 122 Å². The van der Waals surface area contributed by atoms with Crippen molar-refractivity contribution >= 4 is 22.6 Å². The molecule has 0 N–H and O–H groups in total. The first-order valence-corrected chi connectivity index (χ1v) is 12.2. The highest BCUT2D eigenvalue weighted by atomic mass is 17.0. The quantitative estimate of drug-likeness (QED) is 0.109. The van der Waals surface area contributed by atoms with Gasteiger partial charge in [-0.25, -0.2) is 9.78 Å². The number of hydrogen-bond donors (Lipinski definition) is 0. The third-order valence-electron chi connectivity index (χ3n) is 6.28. The largest absolute Gasteiger partial charge is 0.487 e. The highest BCUT2D eigenvalue weighted by Gasteiger charge is 2.27. The monoisotopic (exact) mass is 507 g/mol. The number of rotatable bonds is 11. The van der Waals surface area contributed by atoms with Crippen LogP contribution in [0.15, 0.2) is 65.8 Å². The normalized spacial score (nSPS) is 15.1. The van der Waals surface area contributed by atoms with Crippen molar-refractivity contribution in [2.45, 2.75) is 51.7 Å². The molecule has 10 heteroatoms. The molecule has 0 radical (unpaired) electrons. The van der Waals surface area contributed by atoms with Gasteiger partial charge in [0.1, 0.15) is 12.4 Å². The number of pyridine rings is 1. The van der Waals surface area contributed by atoms with E-state index in [1.807, 2.05) is 60.7 Å². The number of fused-ring (bicyclic) bond motifs is 1. The molecular formula is C27H29N3O7. The van der Waals surface area contributed by atoms with E-state index in [1.165, 1.54) is 13.3 Å². The first kappa shape index (κ1) is 25.9. The lowest BCUT2D eigenvalue weighted by Crippen LogP contribution is -2.21. The lowest BCUT2D eigenvalue weighted by Gasteiger charge is -2.29. The van der Waals surface area contributed by atoms with Gasteiger partial charge in [-0.1, -0.05) is 60.8 Å². The summed E-state index contributed by atoms with van der Waals surface area (Å²) in [6.45, 7) is 0.962. The summed E-state index contributed by atoms with van der Waals surface area (Å²) in [7, 11) is 0. The third-order valence-corrected chi connectivity index (χ3v) is 6.28. The first-order chi connectivity index (χ1) is 18.0. The van der Waals surface area contributed by atoms with E-state index < -0.39 is 17.8 Å². The second-order valence-electron chi connectivity index (χ2n) is 8.86. The van der Waals surface area contributed by atoms with Crippen molar-refractivity contribution in [3.63, 3.8) is 0 Å². The molecule has 1 saturated carbocycles. The van der Waals surface area contributed by atoms with Gasteiger partial charge >= 0.3 is 5.97 Å². The molecule has 1 heterocycles. The Kier molecular flexibility index (Phi) is 8.85. The fourth-order valence-corrected chi connectivity index (χ4v) is 4.36. The number of benzene rings is 2. The van der Waals surface area contributed by atoms with Crippen LogP contribution in [0.4, 0.5) is 0 Å². The first-order valence-electron chi connectivity index (χ1n) is 12.2. The van der Waals surface area contributed by atoms with Crippen LogP contribution in [0, 0.1) is 16.0 Å². The molecule has 0 saturated heterocycles. The molecule has 194 valence electrons. The molecule has 10 nitrogen and oxygen atoms in total. The molecule has 1 atom stereocenters. The van der Waals surface area contributed by atoms with Crippen LogP contribution >= 0.6 is 0 Å². The second kappa shape index (κ2) is 12.7. The molecule has 4 rings (SSSR count). The summed E-state index contributed by atoms with van der Waals surface area (Å²) < 4.78 is 10.6. The lowest BCUT2D eigenvalue weighted by molar-refractivity contribution is -0.765. The minimum atomic E-state index is -1.04. The third kappa shape index (κ3) is 7.39. The van der Waals surface area contributed by atoms with Gasteiger partial charge in [0, 0.05) is 11.3 Å². The fraction of sp³-hybridized carbons (Fsp3) is 0.370. The highest BCUT2D eigenvalue weighted by molar-refractivity contribution is 6.35. The van der Waals surface area contributed by atoms with Gasteiger partial charge in [0.2, 0.25) is 6.79 Å². The number of carbonyl (C=O) groups excluding carboxylic acids is 1. The van der Waals surface area contributed by atoms with Gasteiger partial charge in [-0.15, -0.1) is 10.1 Å². The number of esters is 1. The SMILES string of the molecule is C/C(=N\OC(c1ccc(OCc2ccc3ccccc3n2)cc1)C1CCCCC1)C(=O)OCO[N+](=O)[O-]. The van der Waals surface area contributed by atoms with Gasteiger partial charge in [-0.2, -0.15) is 0 Å². The Bertz CT molecular complexity index is 1240. The van der Waals surface area contributed by atoms with E-state index in [0.29, 0.717) is 12.4 Å². The molecule has 0 bridgehead atoms. The molecule has 1 fully saturated rings. The number of nitrogens with zero attached hydrogens (tertiary/aromatic N) is 3. The summed E-state index contributed by atoms with van der Waals surface area (Å²) in [5, 5.41) is 14.2. The maximum atomic E-state index is 12.0. The Morgan fingerprint density at radius 2 is 1.84 bits per heavy atom. The standard InChI is InChI=1S/C27H29N3O7/c1-19(27(31)35-18-36-30(32)33)29-37-26(21-8-3-2-4-9-21)22-12-15-24(16-13-22)34-17-23-14-11-20-7-5-6-10-25(20)28-23/h5-7,10-16,21,26H,2-4,8-9,17-18H2,1H3/b29-19+. The maximum Gasteiger partial charge on any atom is 0.357 e. The van der Waals surface area contributed by atoms with E-state index in [4.69, 9.17) is 9.57 Å². The van der Waals surface area contributed by atoms with Crippen molar-refractivity contribution in [3.05, 3.63) is 82.0 Å². The predicted octanol–water partition coefficient (Wildman–Crippen LogP) is 5.54. The lowest BCUT2D eigenvalue weighted by atomic mass is 9.83. The number of para-hydroxylation sites is 1. The van der Waals surface area contributed by atoms with Crippen molar-refractivity contribution in [3.8, 4) is 5.75 Å². The van der Waals surface area contributed by atoms with E-state index in [9.17, 15) is 14.9 Å². The van der Waals surface area contributed by atoms with Gasteiger partial charge in [-0.3, -0.25) is 4.84 Å². The molecular weight excluding hydrogens is 478 g/mol. The summed E-state index contributed by atoms with van der Waals surface area (Å²) >= 11 is 0. The molecule has 37 heavy (non-hydrogen) atoms. The van der Waals surface area contributed by atoms with Crippen molar-refractivity contribution in [1.29, 1.82) is 0 Å². The zero-order valence-electron chi connectivity index (χ0n) is 20.6.